The van der Waals surface area contributed by atoms with Crippen LogP contribution in [0.4, 0.5) is 11.4 Å². The molecule has 8 heteroatoms. The Balaban J connectivity index is 1.83. The molecule has 0 radical (unpaired) electrons. The maximum atomic E-state index is 13.3. The quantitative estimate of drug-likeness (QED) is 0.296. The third kappa shape index (κ3) is 4.84. The number of pyridine rings is 1. The number of aliphatic hydroxyl groups is 1. The van der Waals surface area contributed by atoms with Crippen LogP contribution in [0.3, 0.4) is 0 Å². The summed E-state index contributed by atoms with van der Waals surface area (Å²) in [6, 6.07) is 15.9. The smallest absolute Gasteiger partial charge is 0.300 e. The molecule has 2 heterocycles. The molecular formula is C28H27N3O5. The Morgan fingerprint density at radius 3 is 2.39 bits per heavy atom. The Bertz CT molecular complexity index is 1350. The van der Waals surface area contributed by atoms with E-state index < -0.39 is 17.7 Å². The van der Waals surface area contributed by atoms with Gasteiger partial charge in [0.15, 0.2) is 0 Å². The molecule has 1 atom stereocenters. The molecule has 0 bridgehead atoms. The first kappa shape index (κ1) is 24.7. The summed E-state index contributed by atoms with van der Waals surface area (Å²) in [6.07, 6.45) is 1.55. The van der Waals surface area contributed by atoms with Gasteiger partial charge in [-0.05, 0) is 80.9 Å². The van der Waals surface area contributed by atoms with E-state index in [0.717, 1.165) is 5.56 Å². The second kappa shape index (κ2) is 10.0. The van der Waals surface area contributed by atoms with Gasteiger partial charge in [-0.15, -0.1) is 0 Å². The van der Waals surface area contributed by atoms with E-state index in [2.05, 4.69) is 10.3 Å². The second-order valence-corrected chi connectivity index (χ2v) is 8.80. The van der Waals surface area contributed by atoms with Crippen LogP contribution in [0.2, 0.25) is 0 Å². The molecule has 1 saturated heterocycles. The van der Waals surface area contributed by atoms with E-state index in [1.54, 1.807) is 66.9 Å². The van der Waals surface area contributed by atoms with Gasteiger partial charge in [0.05, 0.1) is 17.4 Å². The van der Waals surface area contributed by atoms with Gasteiger partial charge in [0.25, 0.3) is 11.7 Å². The number of rotatable bonds is 6. The molecule has 2 aromatic carbocycles. The number of aryl methyl sites for hydroxylation is 1. The number of Topliss-reactive ketones (excluding diaryl/α,β-unsaturated/α-hetero) is 1. The molecule has 36 heavy (non-hydrogen) atoms. The molecule has 8 nitrogen and oxygen atoms in total. The van der Waals surface area contributed by atoms with Crippen molar-refractivity contribution in [1.29, 1.82) is 0 Å². The van der Waals surface area contributed by atoms with Crippen LogP contribution in [0.5, 0.6) is 5.75 Å². The van der Waals surface area contributed by atoms with E-state index in [1.807, 2.05) is 20.8 Å². The van der Waals surface area contributed by atoms with Crippen LogP contribution >= 0.6 is 0 Å². The molecule has 2 amide bonds. The number of benzene rings is 2. The van der Waals surface area contributed by atoms with Crippen LogP contribution in [-0.4, -0.2) is 33.8 Å². The molecule has 1 aromatic heterocycles. The number of hydrogen-bond donors (Lipinski definition) is 2. The Morgan fingerprint density at radius 1 is 1.08 bits per heavy atom. The van der Waals surface area contributed by atoms with E-state index >= 15 is 0 Å². The highest BCUT2D eigenvalue weighted by molar-refractivity contribution is 6.51. The summed E-state index contributed by atoms with van der Waals surface area (Å²) in [5, 5.41) is 14.0. The first-order valence-corrected chi connectivity index (χ1v) is 11.5. The largest absolute Gasteiger partial charge is 0.507 e. The van der Waals surface area contributed by atoms with Crippen molar-refractivity contribution in [2.75, 3.05) is 10.2 Å². The van der Waals surface area contributed by atoms with E-state index in [-0.39, 0.29) is 23.3 Å². The average Bonchev–Trinajstić information content (AvgIpc) is 3.11. The molecule has 2 N–H and O–H groups in total. The third-order valence-electron chi connectivity index (χ3n) is 5.69. The summed E-state index contributed by atoms with van der Waals surface area (Å²) in [5.41, 5.74) is 2.53. The molecule has 0 spiro atoms. The Labute approximate surface area is 209 Å². The molecular weight excluding hydrogens is 458 g/mol. The normalized spacial score (nSPS) is 16.9. The van der Waals surface area contributed by atoms with Crippen molar-refractivity contribution < 1.29 is 24.2 Å². The van der Waals surface area contributed by atoms with Gasteiger partial charge in [0, 0.05) is 30.1 Å². The summed E-state index contributed by atoms with van der Waals surface area (Å²) < 4.78 is 5.78. The highest BCUT2D eigenvalue weighted by atomic mass is 16.5. The first-order valence-electron chi connectivity index (χ1n) is 11.5. The molecule has 0 saturated carbocycles. The summed E-state index contributed by atoms with van der Waals surface area (Å²) in [7, 11) is 0. The number of anilines is 2. The van der Waals surface area contributed by atoms with Crippen LogP contribution in [0.15, 0.2) is 72.4 Å². The van der Waals surface area contributed by atoms with Crippen molar-refractivity contribution >= 4 is 34.7 Å². The van der Waals surface area contributed by atoms with Gasteiger partial charge in [-0.3, -0.25) is 24.3 Å². The van der Waals surface area contributed by atoms with Gasteiger partial charge in [0.2, 0.25) is 5.91 Å². The Kier molecular flexibility index (Phi) is 6.87. The average molecular weight is 486 g/mol. The maximum Gasteiger partial charge on any atom is 0.300 e. The summed E-state index contributed by atoms with van der Waals surface area (Å²) >= 11 is 0. The molecule has 0 aliphatic carbocycles. The number of amides is 2. The second-order valence-electron chi connectivity index (χ2n) is 8.80. The first-order chi connectivity index (χ1) is 17.2. The van der Waals surface area contributed by atoms with Crippen LogP contribution in [0, 0.1) is 6.92 Å². The number of aromatic nitrogens is 1. The van der Waals surface area contributed by atoms with Crippen molar-refractivity contribution in [3.63, 3.8) is 0 Å². The van der Waals surface area contributed by atoms with Gasteiger partial charge < -0.3 is 15.2 Å². The number of ketones is 1. The predicted molar refractivity (Wildman–Crippen MR) is 137 cm³/mol. The fourth-order valence-corrected chi connectivity index (χ4v) is 4.16. The number of aliphatic hydroxyl groups excluding tert-OH is 1. The number of hydrogen-bond acceptors (Lipinski definition) is 6. The summed E-state index contributed by atoms with van der Waals surface area (Å²) in [5.74, 6) is -1.44. The van der Waals surface area contributed by atoms with Crippen molar-refractivity contribution in [2.45, 2.75) is 39.8 Å². The fraction of sp³-hybridized carbons (Fsp3) is 0.214. The molecule has 1 aliphatic rings. The zero-order valence-corrected chi connectivity index (χ0v) is 20.5. The van der Waals surface area contributed by atoms with Crippen molar-refractivity contribution in [2.24, 2.45) is 0 Å². The van der Waals surface area contributed by atoms with E-state index in [4.69, 9.17) is 4.74 Å². The lowest BCUT2D eigenvalue weighted by Gasteiger charge is -2.25. The number of carbonyl (C=O) groups is 3. The van der Waals surface area contributed by atoms with Crippen LogP contribution in [0.1, 0.15) is 43.6 Å². The number of ether oxygens (including phenoxy) is 1. The monoisotopic (exact) mass is 485 g/mol. The lowest BCUT2D eigenvalue weighted by atomic mass is 9.97. The maximum absolute atomic E-state index is 13.3. The van der Waals surface area contributed by atoms with Crippen LogP contribution in [0.25, 0.3) is 5.76 Å². The van der Waals surface area contributed by atoms with Gasteiger partial charge in [-0.1, -0.05) is 6.07 Å². The third-order valence-corrected chi connectivity index (χ3v) is 5.69. The van der Waals surface area contributed by atoms with E-state index in [1.165, 1.54) is 11.8 Å². The highest BCUT2D eigenvalue weighted by Gasteiger charge is 2.47. The Hall–Kier alpha value is -4.46. The summed E-state index contributed by atoms with van der Waals surface area (Å²) in [6.45, 7) is 7.09. The van der Waals surface area contributed by atoms with Crippen molar-refractivity contribution in [3.05, 3.63) is 89.3 Å². The number of nitrogens with zero attached hydrogens (tertiary/aromatic N) is 2. The highest BCUT2D eigenvalue weighted by Crippen LogP contribution is 2.42. The SMILES string of the molecule is CC(=O)Nc1ccc(N2C(=O)C(=O)/C(=C(\O)c3ccc(OC(C)C)c(C)c3)C2c2ccccn2)cc1. The van der Waals surface area contributed by atoms with Gasteiger partial charge >= 0.3 is 0 Å². The zero-order valence-electron chi connectivity index (χ0n) is 20.5. The molecule has 184 valence electrons. The zero-order chi connectivity index (χ0) is 26.0. The minimum Gasteiger partial charge on any atom is -0.507 e. The summed E-state index contributed by atoms with van der Waals surface area (Å²) in [4.78, 5) is 43.6. The molecule has 1 unspecified atom stereocenters. The van der Waals surface area contributed by atoms with E-state index in [9.17, 15) is 19.5 Å². The standard InChI is InChI=1S/C28H27N3O5/c1-16(2)36-23-13-8-19(15-17(23)3)26(33)24-25(22-7-5-6-14-29-22)31(28(35)27(24)34)21-11-9-20(10-12-21)30-18(4)32/h5-16,25,33H,1-4H3,(H,30,32)/b26-24-. The van der Waals surface area contributed by atoms with Gasteiger partial charge in [-0.2, -0.15) is 0 Å². The number of nitrogens with one attached hydrogen (secondary N) is 1. The molecule has 1 aliphatic heterocycles. The van der Waals surface area contributed by atoms with Crippen molar-refractivity contribution in [1.82, 2.24) is 4.98 Å². The topological polar surface area (TPSA) is 109 Å². The fourth-order valence-electron chi connectivity index (χ4n) is 4.16. The Morgan fingerprint density at radius 2 is 1.81 bits per heavy atom. The predicted octanol–water partition coefficient (Wildman–Crippen LogP) is 4.76. The lowest BCUT2D eigenvalue weighted by Crippen LogP contribution is -2.29. The molecule has 1 fully saturated rings. The minimum atomic E-state index is -0.940. The van der Waals surface area contributed by atoms with Crippen molar-refractivity contribution in [3.8, 4) is 5.75 Å². The minimum absolute atomic E-state index is 0.0188. The number of carbonyl (C=O) groups excluding carboxylic acids is 3. The van der Waals surface area contributed by atoms with E-state index in [0.29, 0.717) is 28.4 Å². The molecule has 4 rings (SSSR count). The van der Waals surface area contributed by atoms with Crippen LogP contribution < -0.4 is 15.0 Å². The molecule has 3 aromatic rings. The lowest BCUT2D eigenvalue weighted by molar-refractivity contribution is -0.132. The van der Waals surface area contributed by atoms with Gasteiger partial charge in [-0.25, -0.2) is 0 Å². The van der Waals surface area contributed by atoms with Crippen LogP contribution in [-0.2, 0) is 14.4 Å². The van der Waals surface area contributed by atoms with Gasteiger partial charge in [0.1, 0.15) is 17.6 Å².